The summed E-state index contributed by atoms with van der Waals surface area (Å²) >= 11 is 0. The van der Waals surface area contributed by atoms with E-state index in [-0.39, 0.29) is 23.1 Å². The van der Waals surface area contributed by atoms with Crippen LogP contribution in [0.5, 0.6) is 17.2 Å². The van der Waals surface area contributed by atoms with Crippen LogP contribution in [0.2, 0.25) is 0 Å². The number of rotatable bonds is 7. The standard InChI is InChI=1S/C20H28N2O7/c1-12-7-5-6-8-14(12)21-20(25)22-17(23)11-29-19(24)13-9-15(26-2)18(28-4)16(10-13)27-3/h9-10,12,14H,5-8,11H2,1-4H3,(H2,21,22,23,25)/t12-,14-/m1/s1. The van der Waals surface area contributed by atoms with Crippen LogP contribution in [0.4, 0.5) is 4.79 Å². The SMILES string of the molecule is COc1cc(C(=O)OCC(=O)NC(=O)N[C@@H]2CCCC[C@H]2C)cc(OC)c1OC. The first-order chi connectivity index (χ1) is 13.9. The molecule has 0 bridgehead atoms. The minimum Gasteiger partial charge on any atom is -0.493 e. The highest BCUT2D eigenvalue weighted by atomic mass is 16.5. The molecule has 0 heterocycles. The molecule has 1 aliphatic carbocycles. The third-order valence-corrected chi connectivity index (χ3v) is 4.92. The fourth-order valence-corrected chi connectivity index (χ4v) is 3.31. The molecule has 0 radical (unpaired) electrons. The van der Waals surface area contributed by atoms with Gasteiger partial charge in [0.2, 0.25) is 5.75 Å². The van der Waals surface area contributed by atoms with Crippen LogP contribution in [0.1, 0.15) is 43.0 Å². The van der Waals surface area contributed by atoms with Crippen molar-refractivity contribution in [2.75, 3.05) is 27.9 Å². The summed E-state index contributed by atoms with van der Waals surface area (Å²) in [6, 6.07) is 2.29. The van der Waals surface area contributed by atoms with Crippen molar-refractivity contribution in [3.63, 3.8) is 0 Å². The van der Waals surface area contributed by atoms with Crippen molar-refractivity contribution in [1.29, 1.82) is 0 Å². The number of carbonyl (C=O) groups excluding carboxylic acids is 3. The van der Waals surface area contributed by atoms with Crippen LogP contribution >= 0.6 is 0 Å². The van der Waals surface area contributed by atoms with E-state index in [1.807, 2.05) is 0 Å². The molecule has 2 rings (SSSR count). The Bertz CT molecular complexity index is 725. The zero-order chi connectivity index (χ0) is 21.4. The first-order valence-corrected chi connectivity index (χ1v) is 9.47. The molecule has 9 nitrogen and oxygen atoms in total. The summed E-state index contributed by atoms with van der Waals surface area (Å²) in [6.07, 6.45) is 4.14. The molecule has 1 aromatic rings. The minimum atomic E-state index is -0.763. The second kappa shape index (κ2) is 10.5. The van der Waals surface area contributed by atoms with Gasteiger partial charge in [0.1, 0.15) is 0 Å². The van der Waals surface area contributed by atoms with E-state index in [9.17, 15) is 14.4 Å². The molecule has 2 atom stereocenters. The van der Waals surface area contributed by atoms with Gasteiger partial charge in [-0.15, -0.1) is 0 Å². The highest BCUT2D eigenvalue weighted by molar-refractivity contribution is 5.97. The fourth-order valence-electron chi connectivity index (χ4n) is 3.31. The lowest BCUT2D eigenvalue weighted by Gasteiger charge is -2.29. The van der Waals surface area contributed by atoms with Gasteiger partial charge in [-0.1, -0.05) is 19.8 Å². The molecule has 1 aromatic carbocycles. The topological polar surface area (TPSA) is 112 Å². The molecule has 0 unspecified atom stereocenters. The van der Waals surface area contributed by atoms with Crippen molar-refractivity contribution >= 4 is 17.9 Å². The number of nitrogens with one attached hydrogen (secondary N) is 2. The highest BCUT2D eigenvalue weighted by Gasteiger charge is 2.24. The van der Waals surface area contributed by atoms with Crippen LogP contribution in [-0.4, -0.2) is 51.9 Å². The Hall–Kier alpha value is -2.97. The lowest BCUT2D eigenvalue weighted by molar-refractivity contribution is -0.123. The lowest BCUT2D eigenvalue weighted by Crippen LogP contribution is -2.48. The van der Waals surface area contributed by atoms with Gasteiger partial charge in [0.15, 0.2) is 18.1 Å². The molecule has 2 N–H and O–H groups in total. The minimum absolute atomic E-state index is 0.0401. The van der Waals surface area contributed by atoms with Crippen molar-refractivity contribution < 1.29 is 33.3 Å². The summed E-state index contributed by atoms with van der Waals surface area (Å²) in [5.41, 5.74) is 0.118. The van der Waals surface area contributed by atoms with E-state index >= 15 is 0 Å². The number of methoxy groups -OCH3 is 3. The normalized spacial score (nSPS) is 18.3. The molecule has 0 spiro atoms. The number of hydrogen-bond acceptors (Lipinski definition) is 7. The second-order valence-electron chi connectivity index (χ2n) is 6.88. The van der Waals surface area contributed by atoms with Gasteiger partial charge in [-0.25, -0.2) is 9.59 Å². The van der Waals surface area contributed by atoms with Crippen molar-refractivity contribution in [3.8, 4) is 17.2 Å². The summed E-state index contributed by atoms with van der Waals surface area (Å²) in [4.78, 5) is 36.2. The Morgan fingerprint density at radius 2 is 1.62 bits per heavy atom. The first kappa shape index (κ1) is 22.3. The lowest BCUT2D eigenvalue weighted by atomic mass is 9.86. The second-order valence-corrected chi connectivity index (χ2v) is 6.88. The number of esters is 1. The molecule has 0 saturated heterocycles. The van der Waals surface area contributed by atoms with Gasteiger partial charge in [-0.05, 0) is 30.9 Å². The van der Waals surface area contributed by atoms with Crippen LogP contribution < -0.4 is 24.8 Å². The quantitative estimate of drug-likeness (QED) is 0.666. The maximum atomic E-state index is 12.3. The summed E-state index contributed by atoms with van der Waals surface area (Å²) in [6.45, 7) is 1.48. The van der Waals surface area contributed by atoms with Crippen LogP contribution in [0.25, 0.3) is 0 Å². The first-order valence-electron chi connectivity index (χ1n) is 9.47. The molecule has 1 saturated carbocycles. The number of imide groups is 1. The fraction of sp³-hybridized carbons (Fsp3) is 0.550. The average molecular weight is 408 g/mol. The number of ether oxygens (including phenoxy) is 4. The molecule has 29 heavy (non-hydrogen) atoms. The van der Waals surface area contributed by atoms with Crippen molar-refractivity contribution in [1.82, 2.24) is 10.6 Å². The zero-order valence-electron chi connectivity index (χ0n) is 17.2. The van der Waals surface area contributed by atoms with E-state index in [0.717, 1.165) is 25.7 Å². The number of hydrogen-bond donors (Lipinski definition) is 2. The molecular formula is C20H28N2O7. The third-order valence-electron chi connectivity index (χ3n) is 4.92. The largest absolute Gasteiger partial charge is 0.493 e. The maximum absolute atomic E-state index is 12.3. The van der Waals surface area contributed by atoms with Crippen molar-refractivity contribution in [3.05, 3.63) is 17.7 Å². The van der Waals surface area contributed by atoms with Crippen molar-refractivity contribution in [2.24, 2.45) is 5.92 Å². The van der Waals surface area contributed by atoms with Gasteiger partial charge in [0, 0.05) is 6.04 Å². The Balaban J connectivity index is 1.89. The van der Waals surface area contributed by atoms with Gasteiger partial charge in [0.25, 0.3) is 5.91 Å². The number of benzene rings is 1. The van der Waals surface area contributed by atoms with Gasteiger partial charge >= 0.3 is 12.0 Å². The third kappa shape index (κ3) is 6.00. The van der Waals surface area contributed by atoms with Gasteiger partial charge < -0.3 is 24.3 Å². The van der Waals surface area contributed by atoms with Crippen LogP contribution in [0.15, 0.2) is 12.1 Å². The van der Waals surface area contributed by atoms with E-state index < -0.39 is 24.5 Å². The average Bonchev–Trinajstić information content (AvgIpc) is 2.72. The Morgan fingerprint density at radius 1 is 1.00 bits per heavy atom. The highest BCUT2D eigenvalue weighted by Crippen LogP contribution is 2.38. The molecular weight excluding hydrogens is 380 g/mol. The van der Waals surface area contributed by atoms with E-state index in [2.05, 4.69) is 17.6 Å². The predicted octanol–water partition coefficient (Wildman–Crippen LogP) is 2.27. The monoisotopic (exact) mass is 408 g/mol. The number of urea groups is 1. The molecule has 3 amide bonds. The van der Waals surface area contributed by atoms with Gasteiger partial charge in [0.05, 0.1) is 26.9 Å². The van der Waals surface area contributed by atoms with E-state index in [1.165, 1.54) is 33.5 Å². The van der Waals surface area contributed by atoms with Crippen molar-refractivity contribution in [2.45, 2.75) is 38.6 Å². The van der Waals surface area contributed by atoms with Gasteiger partial charge in [-0.3, -0.25) is 10.1 Å². The smallest absolute Gasteiger partial charge is 0.338 e. The summed E-state index contributed by atoms with van der Waals surface area (Å²) < 4.78 is 20.6. The van der Waals surface area contributed by atoms with E-state index in [4.69, 9.17) is 18.9 Å². The summed E-state index contributed by atoms with van der Waals surface area (Å²) in [5.74, 6) is -0.221. The molecule has 1 aliphatic rings. The Labute approximate surface area is 170 Å². The molecule has 0 aliphatic heterocycles. The van der Waals surface area contributed by atoms with Gasteiger partial charge in [-0.2, -0.15) is 0 Å². The molecule has 0 aromatic heterocycles. The van der Waals surface area contributed by atoms with E-state index in [1.54, 1.807) is 0 Å². The maximum Gasteiger partial charge on any atom is 0.338 e. The Kier molecular flexibility index (Phi) is 8.11. The predicted molar refractivity (Wildman–Crippen MR) is 104 cm³/mol. The molecule has 160 valence electrons. The van der Waals surface area contributed by atoms with Crippen LogP contribution in [0.3, 0.4) is 0 Å². The van der Waals surface area contributed by atoms with Crippen LogP contribution in [-0.2, 0) is 9.53 Å². The number of carbonyl (C=O) groups is 3. The zero-order valence-corrected chi connectivity index (χ0v) is 17.2. The summed E-state index contributed by atoms with van der Waals surface area (Å²) in [7, 11) is 4.29. The molecule has 9 heteroatoms. The summed E-state index contributed by atoms with van der Waals surface area (Å²) in [5, 5.41) is 4.99. The Morgan fingerprint density at radius 3 is 2.17 bits per heavy atom. The number of amides is 3. The van der Waals surface area contributed by atoms with Crippen LogP contribution in [0, 0.1) is 5.92 Å². The van der Waals surface area contributed by atoms with E-state index in [0.29, 0.717) is 11.7 Å². The molecule has 1 fully saturated rings.